The number of anilines is 1. The number of carbonyl (C=O) groups is 1. The van der Waals surface area contributed by atoms with Crippen LogP contribution in [0.4, 0.5) is 5.69 Å². The van der Waals surface area contributed by atoms with Gasteiger partial charge in [-0.15, -0.1) is 0 Å². The number of halogens is 2. The Bertz CT molecular complexity index is 1050. The van der Waals surface area contributed by atoms with E-state index in [2.05, 4.69) is 28.5 Å². The number of amides is 1. The fraction of sp³-hybridized carbons (Fsp3) is 0.0476. The average Bonchev–Trinajstić information content (AvgIpc) is 3.15. The van der Waals surface area contributed by atoms with Crippen molar-refractivity contribution in [3.8, 4) is 11.6 Å². The Balaban J connectivity index is 1.45. The zero-order chi connectivity index (χ0) is 18.8. The largest absolute Gasteiger partial charge is 0.439 e. The summed E-state index contributed by atoms with van der Waals surface area (Å²) in [6.07, 6.45) is 6.58. The summed E-state index contributed by atoms with van der Waals surface area (Å²) >= 11 is 11.8. The predicted molar refractivity (Wildman–Crippen MR) is 108 cm³/mol. The summed E-state index contributed by atoms with van der Waals surface area (Å²) in [5.74, 6) is 0.955. The van der Waals surface area contributed by atoms with Crippen molar-refractivity contribution in [3.05, 3.63) is 87.5 Å². The third-order valence-corrected chi connectivity index (χ3v) is 4.92. The molecule has 0 saturated carbocycles. The second-order valence-corrected chi connectivity index (χ2v) is 6.82. The van der Waals surface area contributed by atoms with Crippen molar-refractivity contribution < 1.29 is 9.53 Å². The van der Waals surface area contributed by atoms with Crippen LogP contribution in [0.5, 0.6) is 11.6 Å². The molecule has 1 aliphatic carbocycles. The maximum absolute atomic E-state index is 12.3. The van der Waals surface area contributed by atoms with E-state index >= 15 is 0 Å². The van der Waals surface area contributed by atoms with Gasteiger partial charge in [-0.2, -0.15) is 0 Å². The normalized spacial score (nSPS) is 11.9. The Morgan fingerprint density at radius 1 is 1.07 bits per heavy atom. The van der Waals surface area contributed by atoms with Gasteiger partial charge >= 0.3 is 0 Å². The summed E-state index contributed by atoms with van der Waals surface area (Å²) in [6.45, 7) is 0. The van der Waals surface area contributed by atoms with Crippen molar-refractivity contribution in [2.75, 3.05) is 5.32 Å². The minimum absolute atomic E-state index is 0.295. The lowest BCUT2D eigenvalue weighted by Crippen LogP contribution is -2.12. The Labute approximate surface area is 166 Å². The molecule has 0 unspecified atom stereocenters. The van der Waals surface area contributed by atoms with Crippen molar-refractivity contribution in [1.82, 2.24) is 4.98 Å². The van der Waals surface area contributed by atoms with Crippen LogP contribution < -0.4 is 10.1 Å². The number of carbonyl (C=O) groups excluding carboxylic acids is 1. The summed E-state index contributed by atoms with van der Waals surface area (Å²) in [7, 11) is 0. The quantitative estimate of drug-likeness (QED) is 0.587. The molecule has 1 amide bonds. The van der Waals surface area contributed by atoms with Gasteiger partial charge in [0, 0.05) is 17.2 Å². The number of benzene rings is 2. The third kappa shape index (κ3) is 3.82. The molecule has 0 spiro atoms. The van der Waals surface area contributed by atoms with Gasteiger partial charge in [-0.25, -0.2) is 4.98 Å². The summed E-state index contributed by atoms with van der Waals surface area (Å²) in [5.41, 5.74) is 3.28. The Kier molecular flexibility index (Phi) is 4.84. The molecule has 4 nitrogen and oxygen atoms in total. The number of fused-ring (bicyclic) bond motifs is 1. The first kappa shape index (κ1) is 17.6. The maximum atomic E-state index is 12.3. The maximum Gasteiger partial charge on any atom is 0.255 e. The first-order valence-corrected chi connectivity index (χ1v) is 9.04. The monoisotopic (exact) mass is 396 g/mol. The molecule has 1 aliphatic rings. The molecule has 134 valence electrons. The number of nitrogens with one attached hydrogen (secondary N) is 1. The van der Waals surface area contributed by atoms with E-state index < -0.39 is 0 Å². The molecule has 0 radical (unpaired) electrons. The van der Waals surface area contributed by atoms with E-state index in [0.717, 1.165) is 23.3 Å². The van der Waals surface area contributed by atoms with Crippen LogP contribution in [0, 0.1) is 0 Å². The average molecular weight is 397 g/mol. The molecule has 0 fully saturated rings. The molecule has 27 heavy (non-hydrogen) atoms. The van der Waals surface area contributed by atoms with Crippen LogP contribution in [0.25, 0.3) is 6.08 Å². The molecule has 1 heterocycles. The van der Waals surface area contributed by atoms with Crippen LogP contribution in [-0.4, -0.2) is 10.9 Å². The number of allylic oxidation sites excluding steroid dienone is 1. The van der Waals surface area contributed by atoms with E-state index in [9.17, 15) is 4.79 Å². The molecule has 0 atom stereocenters. The highest BCUT2D eigenvalue weighted by molar-refractivity contribution is 6.42. The molecule has 0 aliphatic heterocycles. The van der Waals surface area contributed by atoms with Gasteiger partial charge in [-0.3, -0.25) is 4.79 Å². The lowest BCUT2D eigenvalue weighted by atomic mass is 10.1. The fourth-order valence-corrected chi connectivity index (χ4v) is 3.12. The Hall–Kier alpha value is -2.82. The van der Waals surface area contributed by atoms with Gasteiger partial charge in [-0.1, -0.05) is 47.5 Å². The first-order chi connectivity index (χ1) is 13.1. The smallest absolute Gasteiger partial charge is 0.255 e. The first-order valence-electron chi connectivity index (χ1n) is 8.29. The van der Waals surface area contributed by atoms with E-state index in [1.165, 1.54) is 6.07 Å². The number of hydrogen-bond donors (Lipinski definition) is 1. The molecule has 1 N–H and O–H groups in total. The van der Waals surface area contributed by atoms with Crippen LogP contribution in [-0.2, 0) is 6.42 Å². The van der Waals surface area contributed by atoms with Gasteiger partial charge < -0.3 is 10.1 Å². The molecular weight excluding hydrogens is 383 g/mol. The topological polar surface area (TPSA) is 51.2 Å². The summed E-state index contributed by atoms with van der Waals surface area (Å²) in [4.78, 5) is 16.6. The summed E-state index contributed by atoms with van der Waals surface area (Å²) in [5, 5.41) is 3.50. The summed E-state index contributed by atoms with van der Waals surface area (Å²) in [6, 6.07) is 14.1. The molecule has 3 aromatic rings. The second kappa shape index (κ2) is 7.43. The molecule has 0 bridgehead atoms. The van der Waals surface area contributed by atoms with E-state index in [1.807, 2.05) is 12.1 Å². The number of pyridine rings is 1. The van der Waals surface area contributed by atoms with E-state index in [1.54, 1.807) is 30.5 Å². The van der Waals surface area contributed by atoms with Gasteiger partial charge in [0.05, 0.1) is 21.9 Å². The number of hydrogen-bond acceptors (Lipinski definition) is 3. The highest BCUT2D eigenvalue weighted by Gasteiger charge is 2.13. The van der Waals surface area contributed by atoms with E-state index in [-0.39, 0.29) is 5.91 Å². The lowest BCUT2D eigenvalue weighted by molar-refractivity contribution is 0.102. The number of nitrogens with zero attached hydrogens (tertiary/aromatic N) is 1. The standard InChI is InChI=1S/C21H14Cl2N2O2/c22-17-9-7-14(11-18(17)23)21(26)25-15-8-10-20(24-12-15)27-19-6-2-4-13-3-1-5-16(13)19/h1-4,6-12H,5H2,(H,25,26). The van der Waals surface area contributed by atoms with Crippen molar-refractivity contribution in [2.24, 2.45) is 0 Å². The number of aromatic nitrogens is 1. The van der Waals surface area contributed by atoms with Crippen molar-refractivity contribution in [2.45, 2.75) is 6.42 Å². The molecule has 2 aromatic carbocycles. The number of rotatable bonds is 4. The molecule has 4 rings (SSSR count). The van der Waals surface area contributed by atoms with Crippen molar-refractivity contribution >= 4 is 40.9 Å². The van der Waals surface area contributed by atoms with E-state index in [4.69, 9.17) is 27.9 Å². The molecule has 0 saturated heterocycles. The van der Waals surface area contributed by atoms with Gasteiger partial charge in [-0.05, 0) is 42.3 Å². The molecular formula is C21H14Cl2N2O2. The van der Waals surface area contributed by atoms with Crippen LogP contribution in [0.3, 0.4) is 0 Å². The van der Waals surface area contributed by atoms with Crippen LogP contribution in [0.1, 0.15) is 21.5 Å². The highest BCUT2D eigenvalue weighted by atomic mass is 35.5. The van der Waals surface area contributed by atoms with Crippen LogP contribution >= 0.6 is 23.2 Å². The van der Waals surface area contributed by atoms with Gasteiger partial charge in [0.15, 0.2) is 0 Å². The minimum Gasteiger partial charge on any atom is -0.439 e. The van der Waals surface area contributed by atoms with E-state index in [0.29, 0.717) is 27.2 Å². The fourth-order valence-electron chi connectivity index (χ4n) is 2.82. The Morgan fingerprint density at radius 2 is 1.96 bits per heavy atom. The molecule has 1 aromatic heterocycles. The molecule has 6 heteroatoms. The van der Waals surface area contributed by atoms with Crippen molar-refractivity contribution in [3.63, 3.8) is 0 Å². The highest BCUT2D eigenvalue weighted by Crippen LogP contribution is 2.31. The van der Waals surface area contributed by atoms with Crippen molar-refractivity contribution in [1.29, 1.82) is 0 Å². The zero-order valence-corrected chi connectivity index (χ0v) is 15.6. The lowest BCUT2D eigenvalue weighted by Gasteiger charge is -2.10. The zero-order valence-electron chi connectivity index (χ0n) is 14.1. The van der Waals surface area contributed by atoms with Gasteiger partial charge in [0.1, 0.15) is 5.75 Å². The van der Waals surface area contributed by atoms with Gasteiger partial charge in [0.2, 0.25) is 5.88 Å². The second-order valence-electron chi connectivity index (χ2n) is 6.00. The van der Waals surface area contributed by atoms with Crippen LogP contribution in [0.2, 0.25) is 10.0 Å². The Morgan fingerprint density at radius 3 is 2.74 bits per heavy atom. The van der Waals surface area contributed by atoms with Crippen LogP contribution in [0.15, 0.2) is 60.8 Å². The predicted octanol–water partition coefficient (Wildman–Crippen LogP) is 6.00. The van der Waals surface area contributed by atoms with Gasteiger partial charge in [0.25, 0.3) is 5.91 Å². The SMILES string of the molecule is O=C(Nc1ccc(Oc2cccc3c2CC=C3)nc1)c1ccc(Cl)c(Cl)c1. The number of ether oxygens (including phenoxy) is 1. The summed E-state index contributed by atoms with van der Waals surface area (Å²) < 4.78 is 5.90. The minimum atomic E-state index is -0.295. The third-order valence-electron chi connectivity index (χ3n) is 4.18.